The number of nitrogens with zero attached hydrogens (tertiary/aromatic N) is 5. The highest BCUT2D eigenvalue weighted by Gasteiger charge is 2.58. The summed E-state index contributed by atoms with van der Waals surface area (Å²) in [6.07, 6.45) is 18.1. The van der Waals surface area contributed by atoms with Crippen molar-refractivity contribution >= 4 is 154 Å². The summed E-state index contributed by atoms with van der Waals surface area (Å²) < 4.78 is 16.3. The predicted octanol–water partition coefficient (Wildman–Crippen LogP) is 34.1. The summed E-state index contributed by atoms with van der Waals surface area (Å²) in [7, 11) is 0. The van der Waals surface area contributed by atoms with E-state index in [2.05, 4.69) is 442 Å². The van der Waals surface area contributed by atoms with Gasteiger partial charge in [-0.3, -0.25) is 0 Å². The van der Waals surface area contributed by atoms with Crippen LogP contribution in [0.4, 0.5) is 85.3 Å². The molecule has 15 aromatic rings. The number of aryl methyl sites for hydroxylation is 1. The molecule has 28 rings (SSSR count). The normalized spacial score (nSPS) is 23.2. The molecule has 6 heterocycles. The largest absolute Gasteiger partial charge is 0.468 e. The van der Waals surface area contributed by atoms with Crippen molar-refractivity contribution in [2.75, 3.05) is 24.5 Å². The third-order valence-corrected chi connectivity index (χ3v) is 41.5. The van der Waals surface area contributed by atoms with E-state index in [9.17, 15) is 0 Å². The molecule has 4 bridgehead atoms. The van der Waals surface area contributed by atoms with Crippen molar-refractivity contribution in [2.45, 2.75) is 365 Å². The number of hydrogen-bond donors (Lipinski definition) is 0. The highest BCUT2D eigenvalue weighted by Crippen LogP contribution is 2.66. The zero-order chi connectivity index (χ0) is 103. The molecular weight excluding hydrogens is 1790 g/mol. The Morgan fingerprint density at radius 3 is 1.22 bits per heavy atom. The van der Waals surface area contributed by atoms with E-state index in [1.807, 2.05) is 0 Å². The topological polar surface area (TPSA) is 42.5 Å². The van der Waals surface area contributed by atoms with Crippen LogP contribution in [0.1, 0.15) is 364 Å². The van der Waals surface area contributed by atoms with Gasteiger partial charge >= 0.3 is 0 Å². The quantitative estimate of drug-likeness (QED) is 0.120. The van der Waals surface area contributed by atoms with Crippen molar-refractivity contribution in [3.63, 3.8) is 0 Å². The molecule has 148 heavy (non-hydrogen) atoms. The molecule has 2 fully saturated rings. The van der Waals surface area contributed by atoms with Crippen molar-refractivity contribution in [1.82, 2.24) is 0 Å². The number of furan rings is 2. The van der Waals surface area contributed by atoms with Gasteiger partial charge in [0.2, 0.25) is 0 Å². The monoisotopic (exact) mass is 1940 g/mol. The summed E-state index contributed by atoms with van der Waals surface area (Å²) in [5.41, 5.74) is 53.1. The van der Waals surface area contributed by atoms with Gasteiger partial charge in [-0.2, -0.15) is 0 Å². The zero-order valence-corrected chi connectivity index (χ0v) is 93.5. The van der Waals surface area contributed by atoms with Crippen molar-refractivity contribution in [3.05, 3.63) is 325 Å². The predicted molar refractivity (Wildman–Crippen MR) is 628 cm³/mol. The molecule has 13 aromatic carbocycles. The molecule has 4 aliphatic heterocycles. The van der Waals surface area contributed by atoms with Gasteiger partial charge in [-0.1, -0.05) is 282 Å². The fourth-order valence-electron chi connectivity index (χ4n) is 32.0. The Morgan fingerprint density at radius 1 is 0.297 bits per heavy atom. The Hall–Kier alpha value is -11.9. The van der Waals surface area contributed by atoms with Crippen LogP contribution in [0.25, 0.3) is 33.1 Å². The zero-order valence-electron chi connectivity index (χ0n) is 93.5. The summed E-state index contributed by atoms with van der Waals surface area (Å²) >= 11 is 0. The summed E-state index contributed by atoms with van der Waals surface area (Å²) in [5, 5.41) is 2.42. The minimum atomic E-state index is -0.424. The highest BCUT2D eigenvalue weighted by atomic mass is 16.3. The third kappa shape index (κ3) is 13.5. The number of benzene rings is 13. The van der Waals surface area contributed by atoms with E-state index in [-0.39, 0.29) is 83.8 Å². The Labute approximate surface area is 882 Å². The average molecular weight is 1950 g/mol. The molecule has 2 aromatic heterocycles. The maximum Gasteiger partial charge on any atom is 0.297 e. The first-order valence-corrected chi connectivity index (χ1v) is 56.5. The van der Waals surface area contributed by atoms with Crippen molar-refractivity contribution in [1.29, 1.82) is 0 Å². The Bertz CT molecular complexity index is 8230. The second kappa shape index (κ2) is 30.7. The minimum Gasteiger partial charge on any atom is -0.468 e. The molecule has 9 heteroatoms. The average Bonchev–Trinajstić information content (AvgIpc) is 1.42. The van der Waals surface area contributed by atoms with Crippen LogP contribution in [-0.2, 0) is 82.2 Å². The Morgan fingerprint density at radius 2 is 0.716 bits per heavy atom. The van der Waals surface area contributed by atoms with Gasteiger partial charge in [0.1, 0.15) is 11.2 Å². The molecule has 2 atom stereocenters. The fourth-order valence-corrected chi connectivity index (χ4v) is 32.0. The van der Waals surface area contributed by atoms with Gasteiger partial charge in [0, 0.05) is 73.3 Å². The van der Waals surface area contributed by atoms with E-state index in [1.54, 1.807) is 0 Å². The molecule has 0 spiro atoms. The van der Waals surface area contributed by atoms with Crippen molar-refractivity contribution < 1.29 is 8.83 Å². The van der Waals surface area contributed by atoms with Gasteiger partial charge in [-0.25, -0.2) is 0 Å². The van der Waals surface area contributed by atoms with Crippen LogP contribution in [0.5, 0.6) is 0 Å². The molecule has 2 unspecified atom stereocenters. The van der Waals surface area contributed by atoms with Gasteiger partial charge in [-0.05, 0) is 441 Å². The van der Waals surface area contributed by atoms with Gasteiger partial charge in [-0.15, -0.1) is 0 Å². The van der Waals surface area contributed by atoms with E-state index in [1.165, 1.54) is 234 Å². The maximum absolute atomic E-state index is 8.24. The van der Waals surface area contributed by atoms with Crippen LogP contribution in [0.15, 0.2) is 239 Å². The number of anilines is 15. The van der Waals surface area contributed by atoms with E-state index in [0.717, 1.165) is 115 Å². The number of para-hydroxylation sites is 2. The molecule has 0 radical (unpaired) electrons. The SMILES string of the molecule is Cc1cc2c(c(C)c1N1c3cc(C(C)(C)C)ccc3B3c4oc5cc6c(cc5c4N(c4ccc5c(c4)C(C)(C)CCC5(C)C)c4cc(-c5cccc(CC(C)(C)c7ccc8c(c7)B7c9oc%10cc%11c(cc%10c9N(c9ccc%10c(c9)C(C)(C)CCC%10(C)C)c9cc(N(c%10ccccc%10)c%10ccccc%10)cc(c97)N8c7ccc8c(c7)C(C)(C)CCC8(C)C)C7(C)CCC%11(C)C7)c5)cc1c43)C1(C)CCC6(C)CC1)C(C)(C)CCC2(C)C. The van der Waals surface area contributed by atoms with Gasteiger partial charge < -0.3 is 33.3 Å². The lowest BCUT2D eigenvalue weighted by Gasteiger charge is -2.52. The first-order valence-electron chi connectivity index (χ1n) is 56.5. The maximum atomic E-state index is 8.24. The number of fused-ring (bicyclic) bond motifs is 23. The first kappa shape index (κ1) is 94.5. The molecule has 7 nitrogen and oxygen atoms in total. The van der Waals surface area contributed by atoms with E-state index in [0.29, 0.717) is 0 Å². The molecule has 9 aliphatic carbocycles. The Kier molecular flexibility index (Phi) is 19.6. The van der Waals surface area contributed by atoms with Crippen molar-refractivity contribution in [2.24, 2.45) is 0 Å². The van der Waals surface area contributed by atoms with Crippen LogP contribution in [0, 0.1) is 13.8 Å². The molecule has 0 N–H and O–H groups in total. The highest BCUT2D eigenvalue weighted by molar-refractivity contribution is 7.00. The van der Waals surface area contributed by atoms with E-state index < -0.39 is 5.41 Å². The minimum absolute atomic E-state index is 0.00314. The molecule has 0 amide bonds. The van der Waals surface area contributed by atoms with Crippen LogP contribution in [-0.4, -0.2) is 13.4 Å². The van der Waals surface area contributed by atoms with Crippen molar-refractivity contribution in [3.8, 4) is 11.1 Å². The summed E-state index contributed by atoms with van der Waals surface area (Å²) in [4.78, 5) is 13.5. The van der Waals surface area contributed by atoms with Gasteiger partial charge in [0.25, 0.3) is 13.4 Å². The summed E-state index contributed by atoms with van der Waals surface area (Å²) in [5.74, 6) is 0. The van der Waals surface area contributed by atoms with Gasteiger partial charge in [0.05, 0.1) is 34.1 Å². The molecule has 13 aliphatic rings. The van der Waals surface area contributed by atoms with E-state index >= 15 is 0 Å². The molecule has 0 saturated heterocycles. The van der Waals surface area contributed by atoms with Gasteiger partial charge in [0.15, 0.2) is 0 Å². The second-order valence-electron chi connectivity index (χ2n) is 56.8. The van der Waals surface area contributed by atoms with Crippen LogP contribution in [0.3, 0.4) is 0 Å². The fraction of sp³-hybridized carbons (Fsp3) is 0.410. The number of rotatable bonds is 11. The molecule has 2 saturated carbocycles. The molecule has 750 valence electrons. The lowest BCUT2D eigenvalue weighted by atomic mass is 9.35. The standard InChI is InChI=1S/C139H151B2N5O2/c1-82-65-107-118(134(20,21)58-57-133(107,18)19)83(2)121(82)146-111-70-87(126(3,4)5)41-49-108(111)140-119-112(144(92-44-47-98-101(72-92)131(14,15)55-52-128(98,8)9)122-95-76-103-105(78-116(95)147-124(122)140)137(25)61-59-136(103,24)60-62-137)67-86(68-113(119)146)85-36-34-35-84(66-85)80-135(22,23)88-42-50-110-109(69-88)141-120-114(143(110)91-43-46-97-100(71-91)130(12,13)54-51-127(97,6)7)74-94(142(89-37-30-28-31-38-89)90-39-32-29-33-40-90)75-115(120)145(93-45-48-99-102(73-93)132(16,17)56-53-129(99,10)11)123-96-77-104-106(79-117(96)148-125(123)141)139(27)64-63-138(104,26)81-139/h28-50,65-79H,51-64,80-81H2,1-27H3. The summed E-state index contributed by atoms with van der Waals surface area (Å²) in [6.45, 7) is 66.9. The van der Waals surface area contributed by atoms with E-state index in [4.69, 9.17) is 8.83 Å². The third-order valence-electron chi connectivity index (χ3n) is 41.5. The smallest absolute Gasteiger partial charge is 0.297 e. The number of hydrogen-bond acceptors (Lipinski definition) is 7. The van der Waals surface area contributed by atoms with Crippen LogP contribution < -0.4 is 57.7 Å². The Balaban J connectivity index is 0.688. The molecular formula is C139H151B2N5O2. The second-order valence-corrected chi connectivity index (χ2v) is 56.8. The lowest BCUT2D eigenvalue weighted by Crippen LogP contribution is -2.61. The first-order chi connectivity index (χ1) is 69.9. The van der Waals surface area contributed by atoms with Crippen LogP contribution >= 0.6 is 0 Å². The summed E-state index contributed by atoms with van der Waals surface area (Å²) in [6, 6.07) is 94.1. The van der Waals surface area contributed by atoms with Crippen LogP contribution in [0.2, 0.25) is 0 Å². The lowest BCUT2D eigenvalue weighted by molar-refractivity contribution is 0.188.